The van der Waals surface area contributed by atoms with Crippen molar-refractivity contribution in [3.8, 4) is 6.07 Å². The largest absolute Gasteiger partial charge is 0.448 e. The SMILES string of the molecule is Cc1nn(C)c2[nH]c(C(=O)OC(C)C(=O)NC3(C#N)CCCCC3)cc(=O)c12. The van der Waals surface area contributed by atoms with Gasteiger partial charge in [0.2, 0.25) is 0 Å². The van der Waals surface area contributed by atoms with Crippen LogP contribution in [0.1, 0.15) is 55.2 Å². The van der Waals surface area contributed by atoms with Gasteiger partial charge in [-0.1, -0.05) is 19.3 Å². The molecule has 0 saturated heterocycles. The number of hydrogen-bond acceptors (Lipinski definition) is 6. The third-order valence-electron chi connectivity index (χ3n) is 5.15. The van der Waals surface area contributed by atoms with Gasteiger partial charge in [-0.2, -0.15) is 10.4 Å². The lowest BCUT2D eigenvalue weighted by atomic mass is 9.83. The fourth-order valence-electron chi connectivity index (χ4n) is 3.61. The first-order valence-corrected chi connectivity index (χ1v) is 9.27. The second-order valence-corrected chi connectivity index (χ2v) is 7.27. The minimum Gasteiger partial charge on any atom is -0.448 e. The molecule has 1 amide bonds. The number of carbonyl (C=O) groups excluding carboxylic acids is 2. The second-order valence-electron chi connectivity index (χ2n) is 7.27. The van der Waals surface area contributed by atoms with Crippen molar-refractivity contribution in [2.24, 2.45) is 7.05 Å². The summed E-state index contributed by atoms with van der Waals surface area (Å²) in [5.74, 6) is -1.35. The summed E-state index contributed by atoms with van der Waals surface area (Å²) < 4.78 is 6.69. The predicted octanol–water partition coefficient (Wildman–Crippen LogP) is 1.46. The molecule has 0 radical (unpaired) electrons. The number of aryl methyl sites for hydroxylation is 2. The monoisotopic (exact) mass is 385 g/mol. The molecule has 148 valence electrons. The molecule has 2 N–H and O–H groups in total. The fourth-order valence-corrected chi connectivity index (χ4v) is 3.61. The molecule has 28 heavy (non-hydrogen) atoms. The van der Waals surface area contributed by atoms with E-state index in [1.54, 1.807) is 14.0 Å². The lowest BCUT2D eigenvalue weighted by Crippen LogP contribution is -2.52. The first kappa shape index (κ1) is 19.6. The smallest absolute Gasteiger partial charge is 0.355 e. The molecule has 1 saturated carbocycles. The average Bonchev–Trinajstić information content (AvgIpc) is 2.96. The molecule has 2 aromatic heterocycles. The van der Waals surface area contributed by atoms with Crippen molar-refractivity contribution < 1.29 is 14.3 Å². The average molecular weight is 385 g/mol. The Morgan fingerprint density at radius 2 is 2.07 bits per heavy atom. The molecular formula is C19H23N5O4. The zero-order valence-corrected chi connectivity index (χ0v) is 16.2. The molecular weight excluding hydrogens is 362 g/mol. The van der Waals surface area contributed by atoms with Gasteiger partial charge >= 0.3 is 5.97 Å². The minimum atomic E-state index is -1.10. The Morgan fingerprint density at radius 3 is 2.71 bits per heavy atom. The first-order chi connectivity index (χ1) is 13.3. The molecule has 0 bridgehead atoms. The van der Waals surface area contributed by atoms with Gasteiger partial charge in [-0.15, -0.1) is 0 Å². The Bertz CT molecular complexity index is 1020. The number of nitriles is 1. The topological polar surface area (TPSA) is 130 Å². The predicted molar refractivity (Wildman–Crippen MR) is 101 cm³/mol. The minimum absolute atomic E-state index is 0.0622. The Hall–Kier alpha value is -3.15. The standard InChI is InChI=1S/C19H23N5O4/c1-11-15-14(25)9-13(21-16(15)24(3)23-11)18(27)28-12(2)17(26)22-19(10-20)7-5-4-6-8-19/h9,12H,4-8H2,1-3H3,(H,21,25)(H,22,26). The number of amides is 1. The maximum Gasteiger partial charge on any atom is 0.355 e. The number of esters is 1. The third kappa shape index (κ3) is 3.63. The lowest BCUT2D eigenvalue weighted by Gasteiger charge is -2.32. The van der Waals surface area contributed by atoms with Gasteiger partial charge in [0.15, 0.2) is 11.5 Å². The molecule has 1 aliphatic carbocycles. The second kappa shape index (κ2) is 7.46. The molecule has 1 atom stereocenters. The number of aromatic nitrogens is 3. The highest BCUT2D eigenvalue weighted by atomic mass is 16.5. The van der Waals surface area contributed by atoms with Crippen LogP contribution in [-0.2, 0) is 16.6 Å². The molecule has 1 unspecified atom stereocenters. The summed E-state index contributed by atoms with van der Waals surface area (Å²) in [5.41, 5.74) is -0.364. The Kier molecular flexibility index (Phi) is 5.23. The zero-order valence-electron chi connectivity index (χ0n) is 16.2. The van der Waals surface area contributed by atoms with E-state index in [0.29, 0.717) is 29.6 Å². The molecule has 2 aromatic rings. The van der Waals surface area contributed by atoms with Gasteiger partial charge in [0.25, 0.3) is 5.91 Å². The molecule has 9 heteroatoms. The van der Waals surface area contributed by atoms with Crippen LogP contribution in [0.5, 0.6) is 0 Å². The van der Waals surface area contributed by atoms with Crippen LogP contribution >= 0.6 is 0 Å². The van der Waals surface area contributed by atoms with Crippen LogP contribution in [0.2, 0.25) is 0 Å². The first-order valence-electron chi connectivity index (χ1n) is 9.27. The third-order valence-corrected chi connectivity index (χ3v) is 5.15. The van der Waals surface area contributed by atoms with Gasteiger partial charge in [0.1, 0.15) is 16.9 Å². The van der Waals surface area contributed by atoms with Crippen molar-refractivity contribution in [2.75, 3.05) is 0 Å². The van der Waals surface area contributed by atoms with Crippen molar-refractivity contribution in [3.05, 3.63) is 27.7 Å². The molecule has 0 aliphatic heterocycles. The number of ether oxygens (including phenoxy) is 1. The summed E-state index contributed by atoms with van der Waals surface area (Å²) in [6.07, 6.45) is 2.83. The van der Waals surface area contributed by atoms with Crippen LogP contribution < -0.4 is 10.7 Å². The van der Waals surface area contributed by atoms with Crippen molar-refractivity contribution in [1.29, 1.82) is 5.26 Å². The van der Waals surface area contributed by atoms with E-state index in [2.05, 4.69) is 21.5 Å². The van der Waals surface area contributed by atoms with Crippen molar-refractivity contribution in [2.45, 2.75) is 57.6 Å². The quantitative estimate of drug-likeness (QED) is 0.766. The van der Waals surface area contributed by atoms with Crippen LogP contribution in [0.25, 0.3) is 11.0 Å². The van der Waals surface area contributed by atoms with Crippen molar-refractivity contribution in [3.63, 3.8) is 0 Å². The highest BCUT2D eigenvalue weighted by Gasteiger charge is 2.35. The van der Waals surface area contributed by atoms with Crippen molar-refractivity contribution >= 4 is 22.9 Å². The van der Waals surface area contributed by atoms with Crippen LogP contribution in [0, 0.1) is 18.3 Å². The van der Waals surface area contributed by atoms with E-state index < -0.39 is 23.5 Å². The van der Waals surface area contributed by atoms with Gasteiger partial charge in [-0.25, -0.2) is 4.79 Å². The number of fused-ring (bicyclic) bond motifs is 1. The van der Waals surface area contributed by atoms with Gasteiger partial charge in [0, 0.05) is 13.1 Å². The summed E-state index contributed by atoms with van der Waals surface area (Å²) in [6, 6.07) is 3.34. The summed E-state index contributed by atoms with van der Waals surface area (Å²) in [5, 5.41) is 16.8. The van der Waals surface area contributed by atoms with E-state index in [1.165, 1.54) is 11.6 Å². The molecule has 1 aliphatic rings. The maximum atomic E-state index is 12.5. The number of nitrogens with zero attached hydrogens (tertiary/aromatic N) is 3. The summed E-state index contributed by atoms with van der Waals surface area (Å²) in [7, 11) is 1.65. The number of aromatic amines is 1. The van der Waals surface area contributed by atoms with Crippen LogP contribution in [0.4, 0.5) is 0 Å². The molecule has 9 nitrogen and oxygen atoms in total. The number of rotatable bonds is 4. The normalized spacial score (nSPS) is 16.9. The molecule has 0 aromatic carbocycles. The maximum absolute atomic E-state index is 12.5. The van der Waals surface area contributed by atoms with E-state index in [0.717, 1.165) is 25.3 Å². The summed E-state index contributed by atoms with van der Waals surface area (Å²) in [6.45, 7) is 3.14. The van der Waals surface area contributed by atoms with Gasteiger partial charge < -0.3 is 15.0 Å². The van der Waals surface area contributed by atoms with Crippen LogP contribution in [0.3, 0.4) is 0 Å². The molecule has 1 fully saturated rings. The van der Waals surface area contributed by atoms with Crippen LogP contribution in [-0.4, -0.2) is 38.3 Å². The van der Waals surface area contributed by atoms with Gasteiger partial charge in [-0.3, -0.25) is 14.3 Å². The fraction of sp³-hybridized carbons (Fsp3) is 0.526. The molecule has 0 spiro atoms. The highest BCUT2D eigenvalue weighted by Crippen LogP contribution is 2.27. The van der Waals surface area contributed by atoms with Crippen LogP contribution in [0.15, 0.2) is 10.9 Å². The molecule has 2 heterocycles. The van der Waals surface area contributed by atoms with Gasteiger partial charge in [0.05, 0.1) is 17.1 Å². The van der Waals surface area contributed by atoms with E-state index in [4.69, 9.17) is 4.74 Å². The Labute approximate surface area is 161 Å². The van der Waals surface area contributed by atoms with Crippen molar-refractivity contribution in [1.82, 2.24) is 20.1 Å². The van der Waals surface area contributed by atoms with E-state index in [1.807, 2.05) is 0 Å². The number of nitrogens with one attached hydrogen (secondary N) is 2. The van der Waals surface area contributed by atoms with E-state index >= 15 is 0 Å². The summed E-state index contributed by atoms with van der Waals surface area (Å²) in [4.78, 5) is 40.0. The number of carbonyl (C=O) groups is 2. The summed E-state index contributed by atoms with van der Waals surface area (Å²) >= 11 is 0. The van der Waals surface area contributed by atoms with E-state index in [-0.39, 0.29) is 11.1 Å². The van der Waals surface area contributed by atoms with Gasteiger partial charge in [-0.05, 0) is 26.7 Å². The van der Waals surface area contributed by atoms with E-state index in [9.17, 15) is 19.6 Å². The number of pyridine rings is 1. The number of hydrogen-bond donors (Lipinski definition) is 2. The molecule has 3 rings (SSSR count). The Balaban J connectivity index is 1.74. The Morgan fingerprint density at radius 1 is 1.39 bits per heavy atom. The lowest BCUT2D eigenvalue weighted by molar-refractivity contribution is -0.130. The number of H-pyrrole nitrogens is 1. The zero-order chi connectivity index (χ0) is 20.5. The highest BCUT2D eigenvalue weighted by molar-refractivity contribution is 5.93.